The Kier molecular flexibility index (Phi) is 9.96. The van der Waals surface area contributed by atoms with Gasteiger partial charge in [-0.2, -0.15) is 0 Å². The number of aryl methyl sites for hydroxylation is 2. The lowest BCUT2D eigenvalue weighted by atomic mass is 9.83. The van der Waals surface area contributed by atoms with E-state index in [2.05, 4.69) is 233 Å². The predicted molar refractivity (Wildman–Crippen MR) is 259 cm³/mol. The molecule has 2 nitrogen and oxygen atoms in total. The van der Waals surface area contributed by atoms with E-state index in [9.17, 15) is 0 Å². The van der Waals surface area contributed by atoms with Crippen molar-refractivity contribution in [1.29, 1.82) is 0 Å². The van der Waals surface area contributed by atoms with E-state index in [0.29, 0.717) is 6.67 Å². The summed E-state index contributed by atoms with van der Waals surface area (Å²) in [5.41, 5.74) is 21.2. The first-order valence-electron chi connectivity index (χ1n) is 22.1. The Labute approximate surface area is 362 Å². The summed E-state index contributed by atoms with van der Waals surface area (Å²) in [7, 11) is 0. The van der Waals surface area contributed by atoms with Gasteiger partial charge in [0, 0.05) is 40.2 Å². The Hall–Kier alpha value is -6.64. The Morgan fingerprint density at radius 1 is 0.361 bits per heavy atom. The second kappa shape index (κ2) is 15.8. The molecule has 0 bridgehead atoms. The monoisotopic (exact) mass is 790 g/mol. The Balaban J connectivity index is 1.28. The zero-order valence-corrected chi connectivity index (χ0v) is 36.2. The molecule has 0 aromatic heterocycles. The molecule has 2 aliphatic rings. The minimum Gasteiger partial charge on any atom is -0.320 e. The molecule has 0 saturated carbocycles. The third-order valence-electron chi connectivity index (χ3n) is 13.7. The highest BCUT2D eigenvalue weighted by Crippen LogP contribution is 2.56. The van der Waals surface area contributed by atoms with Crippen LogP contribution in [0.4, 0.5) is 11.4 Å². The molecule has 0 saturated heterocycles. The molecule has 300 valence electrons. The quantitative estimate of drug-likeness (QED) is 0.136. The van der Waals surface area contributed by atoms with Gasteiger partial charge in [-0.15, -0.1) is 0 Å². The molecule has 8 aromatic carbocycles. The fourth-order valence-corrected chi connectivity index (χ4v) is 10.5. The second-order valence-corrected chi connectivity index (χ2v) is 17.5. The van der Waals surface area contributed by atoms with Crippen LogP contribution in [-0.4, -0.2) is 6.67 Å². The highest BCUT2D eigenvalue weighted by Gasteiger charge is 2.43. The van der Waals surface area contributed by atoms with Gasteiger partial charge in [-0.1, -0.05) is 221 Å². The third kappa shape index (κ3) is 6.66. The first kappa shape index (κ1) is 38.6. The van der Waals surface area contributed by atoms with Crippen LogP contribution in [0.1, 0.15) is 118 Å². The lowest BCUT2D eigenvalue weighted by Gasteiger charge is -2.35. The van der Waals surface area contributed by atoms with Crippen LogP contribution in [0.3, 0.4) is 0 Å². The van der Waals surface area contributed by atoms with E-state index in [1.165, 1.54) is 100 Å². The van der Waals surface area contributed by atoms with Gasteiger partial charge < -0.3 is 9.80 Å². The van der Waals surface area contributed by atoms with Gasteiger partial charge in [0.2, 0.25) is 0 Å². The number of hydrogen-bond donors (Lipinski definition) is 0. The zero-order chi connectivity index (χ0) is 41.8. The first-order chi connectivity index (χ1) is 29.8. The van der Waals surface area contributed by atoms with Gasteiger partial charge >= 0.3 is 0 Å². The molecule has 10 rings (SSSR count). The van der Waals surface area contributed by atoms with Crippen LogP contribution in [0.2, 0.25) is 0 Å². The summed E-state index contributed by atoms with van der Waals surface area (Å²) in [5.74, 6) is 0.656. The van der Waals surface area contributed by atoms with Crippen molar-refractivity contribution in [2.45, 2.75) is 65.2 Å². The van der Waals surface area contributed by atoms with Gasteiger partial charge in [0.1, 0.15) is 6.67 Å². The van der Waals surface area contributed by atoms with E-state index in [0.717, 1.165) is 0 Å². The Morgan fingerprint density at radius 3 is 0.951 bits per heavy atom. The Bertz CT molecular complexity index is 2580. The van der Waals surface area contributed by atoms with Crippen molar-refractivity contribution in [2.75, 3.05) is 16.5 Å². The molecule has 1 heterocycles. The van der Waals surface area contributed by atoms with Crippen molar-refractivity contribution in [3.63, 3.8) is 0 Å². The van der Waals surface area contributed by atoms with Crippen molar-refractivity contribution in [3.8, 4) is 0 Å². The van der Waals surface area contributed by atoms with Crippen LogP contribution >= 0.6 is 0 Å². The molecule has 0 fully saturated rings. The van der Waals surface area contributed by atoms with Gasteiger partial charge in [0.25, 0.3) is 0 Å². The molecular weight excluding hydrogens is 737 g/mol. The number of fused-ring (bicyclic) bond motifs is 2. The number of benzene rings is 8. The van der Waals surface area contributed by atoms with E-state index in [4.69, 9.17) is 0 Å². The summed E-state index contributed by atoms with van der Waals surface area (Å²) >= 11 is 0. The second-order valence-electron chi connectivity index (χ2n) is 17.5. The molecule has 0 spiro atoms. The molecule has 0 unspecified atom stereocenters. The highest BCUT2D eigenvalue weighted by molar-refractivity contribution is 6.21. The minimum absolute atomic E-state index is 0.164. The van der Waals surface area contributed by atoms with Crippen molar-refractivity contribution in [3.05, 3.63) is 249 Å². The summed E-state index contributed by atoms with van der Waals surface area (Å²) in [6.45, 7) is 14.8. The fourth-order valence-electron chi connectivity index (χ4n) is 10.5. The van der Waals surface area contributed by atoms with E-state index in [1.54, 1.807) is 0 Å². The van der Waals surface area contributed by atoms with E-state index >= 15 is 0 Å². The van der Waals surface area contributed by atoms with Gasteiger partial charge in [0.15, 0.2) is 0 Å². The van der Waals surface area contributed by atoms with Crippen LogP contribution in [0.5, 0.6) is 0 Å². The van der Waals surface area contributed by atoms with Gasteiger partial charge in [0.05, 0.1) is 22.8 Å². The van der Waals surface area contributed by atoms with Gasteiger partial charge in [-0.05, 0) is 63.7 Å². The lowest BCUT2D eigenvalue weighted by Crippen LogP contribution is -2.32. The predicted octanol–water partition coefficient (Wildman–Crippen LogP) is 15.2. The smallest absolute Gasteiger partial charge is 0.100 e. The van der Waals surface area contributed by atoms with E-state index in [1.807, 2.05) is 0 Å². The van der Waals surface area contributed by atoms with Gasteiger partial charge in [-0.3, -0.25) is 0 Å². The molecule has 0 radical (unpaired) electrons. The first-order valence-corrected chi connectivity index (χ1v) is 22.1. The standard InChI is InChI=1S/C59H54N2/c1-38-33-51(40(3)44-21-11-7-12-22-44)56(52(34-38)41(4)45-23-13-8-14-24-45)60-37-61(59-50-32-20-30-48-29-19-31-49(55(48)50)58(59)60)57-53(42(5)46-25-15-9-16-26-46)35-39(2)36-54(57)43(6)47-27-17-10-18-28-47/h7-36,40-43H,37H2,1-6H3/t40-,41-,42-,43-/m0/s1. The molecule has 0 amide bonds. The average Bonchev–Trinajstić information content (AvgIpc) is 3.86. The molecule has 61 heavy (non-hydrogen) atoms. The highest BCUT2D eigenvalue weighted by atomic mass is 15.4. The van der Waals surface area contributed by atoms with Crippen molar-refractivity contribution >= 4 is 33.5 Å². The van der Waals surface area contributed by atoms with Crippen LogP contribution < -0.4 is 9.80 Å². The molecule has 0 N–H and O–H groups in total. The maximum Gasteiger partial charge on any atom is 0.100 e. The van der Waals surface area contributed by atoms with E-state index < -0.39 is 0 Å². The van der Waals surface area contributed by atoms with Crippen LogP contribution in [0.25, 0.3) is 22.2 Å². The Morgan fingerprint density at radius 2 is 0.656 bits per heavy atom. The topological polar surface area (TPSA) is 6.48 Å². The maximum absolute atomic E-state index is 2.72. The summed E-state index contributed by atoms with van der Waals surface area (Å²) < 4.78 is 0. The SMILES string of the molecule is Cc1cc([C@@H](C)c2ccccc2)c(N2CN(c3c([C@@H](C)c4ccccc4)cc(C)cc3[C@@H](C)c3ccccc3)C3=C2c2cccc4cccc3c24)c([C@@H](C)c2ccccc2)c1. The minimum atomic E-state index is 0.164. The molecule has 1 aliphatic heterocycles. The van der Waals surface area contributed by atoms with Gasteiger partial charge in [-0.25, -0.2) is 0 Å². The molecule has 8 aromatic rings. The molecule has 1 aliphatic carbocycles. The average molecular weight is 791 g/mol. The molecular formula is C59H54N2. The molecule has 2 heteroatoms. The largest absolute Gasteiger partial charge is 0.320 e. The van der Waals surface area contributed by atoms with Crippen LogP contribution in [0.15, 0.2) is 182 Å². The normalized spacial score (nSPS) is 15.2. The summed E-state index contributed by atoms with van der Waals surface area (Å²) in [5, 5.41) is 2.62. The van der Waals surface area contributed by atoms with Crippen molar-refractivity contribution < 1.29 is 0 Å². The number of anilines is 2. The van der Waals surface area contributed by atoms with E-state index in [-0.39, 0.29) is 23.7 Å². The molecule has 4 atom stereocenters. The fraction of sp³-hybridized carbons (Fsp3) is 0.186. The maximum atomic E-state index is 2.72. The zero-order valence-electron chi connectivity index (χ0n) is 36.2. The summed E-state index contributed by atoms with van der Waals surface area (Å²) in [6, 6.07) is 68.1. The number of rotatable bonds is 10. The van der Waals surface area contributed by atoms with Crippen LogP contribution in [0, 0.1) is 13.8 Å². The lowest BCUT2D eigenvalue weighted by molar-refractivity contribution is 0.842. The number of hydrogen-bond acceptors (Lipinski definition) is 2. The van der Waals surface area contributed by atoms with Crippen molar-refractivity contribution in [2.24, 2.45) is 0 Å². The number of nitrogens with zero attached hydrogens (tertiary/aromatic N) is 2. The third-order valence-corrected chi connectivity index (χ3v) is 13.7. The van der Waals surface area contributed by atoms with Crippen molar-refractivity contribution in [1.82, 2.24) is 0 Å². The summed E-state index contributed by atoms with van der Waals surface area (Å²) in [4.78, 5) is 5.45. The van der Waals surface area contributed by atoms with Crippen LogP contribution in [-0.2, 0) is 0 Å². The summed E-state index contributed by atoms with van der Waals surface area (Å²) in [6.07, 6.45) is 0.